The minimum absolute atomic E-state index is 0.0135. The van der Waals surface area contributed by atoms with Crippen LogP contribution in [0.2, 0.25) is 0 Å². The van der Waals surface area contributed by atoms with Crippen molar-refractivity contribution in [3.63, 3.8) is 0 Å². The van der Waals surface area contributed by atoms with Gasteiger partial charge in [0.1, 0.15) is 11.7 Å². The van der Waals surface area contributed by atoms with E-state index in [1.165, 1.54) is 18.6 Å². The number of hydrogen-bond donors (Lipinski definition) is 5. The number of aromatic nitrogens is 2. The first kappa shape index (κ1) is 27.2. The van der Waals surface area contributed by atoms with E-state index in [0.29, 0.717) is 32.6 Å². The molecule has 0 spiro atoms. The molecular formula is C24H32BN5O6. The number of ether oxygens (including phenoxy) is 1. The summed E-state index contributed by atoms with van der Waals surface area (Å²) in [6, 6.07) is 8.44. The highest BCUT2D eigenvalue weighted by Gasteiger charge is 2.31. The summed E-state index contributed by atoms with van der Waals surface area (Å²) in [6.07, 6.45) is 6.07. The third-order valence-corrected chi connectivity index (χ3v) is 5.93. The molecular weight excluding hydrogens is 465 g/mol. The quantitative estimate of drug-likeness (QED) is 0.234. The summed E-state index contributed by atoms with van der Waals surface area (Å²) in [5, 5.41) is 27.5. The molecule has 0 radical (unpaired) electrons. The molecule has 1 aromatic carbocycles. The smallest absolute Gasteiger partial charge is 0.426 e. The Balaban J connectivity index is 1.60. The highest BCUT2D eigenvalue weighted by molar-refractivity contribution is 6.43. The molecule has 3 rings (SSSR count). The summed E-state index contributed by atoms with van der Waals surface area (Å²) >= 11 is 0. The first-order valence-electron chi connectivity index (χ1n) is 12.0. The van der Waals surface area contributed by atoms with Crippen LogP contribution in [-0.2, 0) is 20.7 Å². The molecule has 12 heteroatoms. The van der Waals surface area contributed by atoms with Crippen molar-refractivity contribution in [3.05, 3.63) is 60.2 Å². The van der Waals surface area contributed by atoms with E-state index in [0.717, 1.165) is 12.0 Å². The lowest BCUT2D eigenvalue weighted by Gasteiger charge is -2.23. The molecule has 0 aliphatic carbocycles. The third-order valence-electron chi connectivity index (χ3n) is 5.93. The normalized spacial score (nSPS) is 16.6. The van der Waals surface area contributed by atoms with E-state index in [-0.39, 0.29) is 24.5 Å². The van der Waals surface area contributed by atoms with Gasteiger partial charge in [0.05, 0.1) is 25.2 Å². The second-order valence-corrected chi connectivity index (χ2v) is 8.76. The van der Waals surface area contributed by atoms with Crippen LogP contribution in [0.3, 0.4) is 0 Å². The van der Waals surface area contributed by atoms with E-state index in [9.17, 15) is 24.4 Å². The number of carbonyl (C=O) groups excluding carboxylic acids is 3. The Morgan fingerprint density at radius 3 is 2.61 bits per heavy atom. The van der Waals surface area contributed by atoms with Crippen LogP contribution < -0.4 is 16.0 Å². The molecule has 11 nitrogen and oxygen atoms in total. The number of nitrogens with one attached hydrogen (secondary N) is 3. The molecule has 0 saturated carbocycles. The molecule has 1 aromatic heterocycles. The molecule has 1 fully saturated rings. The van der Waals surface area contributed by atoms with Crippen LogP contribution in [0.4, 0.5) is 0 Å². The molecule has 3 amide bonds. The Morgan fingerprint density at radius 2 is 1.94 bits per heavy atom. The Morgan fingerprint density at radius 1 is 1.14 bits per heavy atom. The van der Waals surface area contributed by atoms with Gasteiger partial charge in [-0.15, -0.1) is 0 Å². The lowest BCUT2D eigenvalue weighted by molar-refractivity contribution is -0.128. The number of carbonyl (C=O) groups is 3. The zero-order valence-electron chi connectivity index (χ0n) is 20.0. The maximum absolute atomic E-state index is 13.1. The molecule has 5 N–H and O–H groups in total. The standard InChI is InChI=1S/C24H32BN5O6/c31-22(28-14-18-9-12-36-16-18)13-19(29-24(33)20-15-26-10-11-27-20)23(32)30-21(25(34)35)8-4-7-17-5-2-1-3-6-17/h1-3,5-6,10-11,15,18-19,21,34-35H,4,7-9,12-14,16H2,(H,28,31)(H,29,33)(H,30,32)/t18-,19?,21?/m0/s1. The topological polar surface area (TPSA) is 163 Å². The maximum Gasteiger partial charge on any atom is 0.475 e. The van der Waals surface area contributed by atoms with Gasteiger partial charge in [-0.05, 0) is 31.2 Å². The van der Waals surface area contributed by atoms with E-state index in [1.807, 2.05) is 30.3 Å². The van der Waals surface area contributed by atoms with Gasteiger partial charge in [-0.1, -0.05) is 30.3 Å². The number of nitrogens with zero attached hydrogens (tertiary/aromatic N) is 2. The van der Waals surface area contributed by atoms with Crippen molar-refractivity contribution in [1.29, 1.82) is 0 Å². The Labute approximate surface area is 210 Å². The van der Waals surface area contributed by atoms with Crippen LogP contribution in [0.15, 0.2) is 48.9 Å². The molecule has 2 heterocycles. The van der Waals surface area contributed by atoms with Crippen molar-refractivity contribution in [3.8, 4) is 0 Å². The van der Waals surface area contributed by atoms with Crippen molar-refractivity contribution < 1.29 is 29.2 Å². The first-order valence-corrected chi connectivity index (χ1v) is 12.0. The monoisotopic (exact) mass is 497 g/mol. The molecule has 1 aliphatic rings. The van der Waals surface area contributed by atoms with Crippen molar-refractivity contribution >= 4 is 24.8 Å². The zero-order valence-corrected chi connectivity index (χ0v) is 20.0. The first-order chi connectivity index (χ1) is 17.4. The van der Waals surface area contributed by atoms with Crippen molar-refractivity contribution in [2.24, 2.45) is 5.92 Å². The van der Waals surface area contributed by atoms with Crippen LogP contribution in [0, 0.1) is 5.92 Å². The summed E-state index contributed by atoms with van der Waals surface area (Å²) in [6.45, 7) is 1.62. The SMILES string of the molecule is O=C(CC(NC(=O)c1cnccn1)C(=O)NC(CCCc1ccccc1)B(O)O)NC[C@@H]1CCOC1. The van der Waals surface area contributed by atoms with Crippen LogP contribution in [0.5, 0.6) is 0 Å². The largest absolute Gasteiger partial charge is 0.475 e. The lowest BCUT2D eigenvalue weighted by atomic mass is 9.76. The van der Waals surface area contributed by atoms with E-state index in [2.05, 4.69) is 25.9 Å². The average molecular weight is 497 g/mol. The summed E-state index contributed by atoms with van der Waals surface area (Å²) in [5.41, 5.74) is 1.08. The van der Waals surface area contributed by atoms with Gasteiger partial charge in [-0.2, -0.15) is 0 Å². The predicted octanol–water partition coefficient (Wildman–Crippen LogP) is -0.362. The minimum atomic E-state index is -1.81. The fraction of sp³-hybridized carbons (Fsp3) is 0.458. The molecule has 1 saturated heterocycles. The zero-order chi connectivity index (χ0) is 25.8. The fourth-order valence-corrected chi connectivity index (χ4v) is 3.87. The molecule has 0 bridgehead atoms. The van der Waals surface area contributed by atoms with Gasteiger partial charge in [0.2, 0.25) is 11.8 Å². The van der Waals surface area contributed by atoms with Crippen molar-refractivity contribution in [1.82, 2.24) is 25.9 Å². The molecule has 2 aromatic rings. The number of amides is 3. The fourth-order valence-electron chi connectivity index (χ4n) is 3.87. The van der Waals surface area contributed by atoms with Gasteiger partial charge in [0.25, 0.3) is 5.91 Å². The highest BCUT2D eigenvalue weighted by Crippen LogP contribution is 2.11. The minimum Gasteiger partial charge on any atom is -0.426 e. The number of aryl methyl sites for hydroxylation is 1. The number of rotatable bonds is 13. The summed E-state index contributed by atoms with van der Waals surface area (Å²) < 4.78 is 5.30. The van der Waals surface area contributed by atoms with Gasteiger partial charge in [0.15, 0.2) is 0 Å². The molecule has 3 atom stereocenters. The van der Waals surface area contributed by atoms with E-state index in [1.54, 1.807) is 0 Å². The summed E-state index contributed by atoms with van der Waals surface area (Å²) in [7, 11) is -1.81. The molecule has 2 unspecified atom stereocenters. The van der Waals surface area contributed by atoms with Crippen LogP contribution in [0.25, 0.3) is 0 Å². The van der Waals surface area contributed by atoms with Gasteiger partial charge >= 0.3 is 7.12 Å². The predicted molar refractivity (Wildman–Crippen MR) is 131 cm³/mol. The average Bonchev–Trinajstić information content (AvgIpc) is 3.41. The van der Waals surface area contributed by atoms with E-state index < -0.39 is 36.8 Å². The Kier molecular flexibility index (Phi) is 10.8. The third kappa shape index (κ3) is 9.02. The van der Waals surface area contributed by atoms with E-state index in [4.69, 9.17) is 4.74 Å². The second-order valence-electron chi connectivity index (χ2n) is 8.76. The van der Waals surface area contributed by atoms with Crippen molar-refractivity contribution in [2.45, 2.75) is 44.1 Å². The number of hydrogen-bond acceptors (Lipinski definition) is 8. The Bertz CT molecular complexity index is 975. The van der Waals surface area contributed by atoms with Gasteiger partial charge in [-0.3, -0.25) is 19.4 Å². The van der Waals surface area contributed by atoms with Crippen LogP contribution in [-0.4, -0.2) is 76.6 Å². The van der Waals surface area contributed by atoms with Crippen molar-refractivity contribution in [2.75, 3.05) is 19.8 Å². The van der Waals surface area contributed by atoms with E-state index >= 15 is 0 Å². The molecule has 1 aliphatic heterocycles. The summed E-state index contributed by atoms with van der Waals surface area (Å²) in [4.78, 5) is 46.0. The van der Waals surface area contributed by atoms with Gasteiger partial charge in [-0.25, -0.2) is 4.98 Å². The van der Waals surface area contributed by atoms with Crippen LogP contribution >= 0.6 is 0 Å². The van der Waals surface area contributed by atoms with Crippen LogP contribution in [0.1, 0.15) is 41.7 Å². The number of benzene rings is 1. The second kappa shape index (κ2) is 14.3. The maximum atomic E-state index is 13.1. The summed E-state index contributed by atoms with van der Waals surface area (Å²) in [5.74, 6) is -2.58. The molecule has 36 heavy (non-hydrogen) atoms. The molecule has 192 valence electrons. The van der Waals surface area contributed by atoms with Gasteiger partial charge < -0.3 is 30.7 Å². The Hall–Kier alpha value is -3.35. The highest BCUT2D eigenvalue weighted by atomic mass is 16.5. The van der Waals surface area contributed by atoms with Gasteiger partial charge in [0, 0.05) is 31.5 Å². The lowest BCUT2D eigenvalue weighted by Crippen LogP contribution is -2.55.